The first-order valence-electron chi connectivity index (χ1n) is 15.2. The number of carbonyl (C=O) groups excluding carboxylic acids is 1. The molecule has 1 aliphatic heterocycles. The molecule has 0 bridgehead atoms. The number of carbonyl (C=O) groups is 1. The first kappa shape index (κ1) is 30.8. The molecule has 5 heterocycles. The SMILES string of the molecule is CCCN(C)CC(=O)N1CCc2cc(OC)c(Nc3nc4c(ccn4S(=O)(=O)c4ccc(C)cc4)c4nc5ccsc5c(=O)n34)cc21. The predicted octanol–water partition coefficient (Wildman–Crippen LogP) is 4.79. The third kappa shape index (κ3) is 5.22. The highest BCUT2D eigenvalue weighted by Crippen LogP contribution is 2.39. The fourth-order valence-corrected chi connectivity index (χ4v) is 8.12. The number of likely N-dealkylation sites (N-methyl/N-ethyl adjacent to an activating group) is 1. The van der Waals surface area contributed by atoms with Gasteiger partial charge in [0.25, 0.3) is 15.6 Å². The average molecular weight is 672 g/mol. The van der Waals surface area contributed by atoms with Gasteiger partial charge in [0, 0.05) is 18.4 Å². The van der Waals surface area contributed by atoms with Gasteiger partial charge in [0.05, 0.1) is 35.1 Å². The van der Waals surface area contributed by atoms with Gasteiger partial charge in [-0.1, -0.05) is 24.6 Å². The highest BCUT2D eigenvalue weighted by Gasteiger charge is 2.28. The molecule has 1 aliphatic rings. The van der Waals surface area contributed by atoms with E-state index in [9.17, 15) is 18.0 Å². The van der Waals surface area contributed by atoms with Gasteiger partial charge in [-0.2, -0.15) is 4.98 Å². The summed E-state index contributed by atoms with van der Waals surface area (Å²) in [5.74, 6) is 0.522. The summed E-state index contributed by atoms with van der Waals surface area (Å²) in [6, 6.07) is 13.6. The molecule has 2 aromatic carbocycles. The topological polar surface area (TPSA) is 131 Å². The number of aryl methyl sites for hydroxylation is 1. The minimum atomic E-state index is -4.05. The largest absolute Gasteiger partial charge is 0.495 e. The van der Waals surface area contributed by atoms with Crippen molar-refractivity contribution < 1.29 is 17.9 Å². The van der Waals surface area contributed by atoms with Gasteiger partial charge in [-0.15, -0.1) is 11.3 Å². The van der Waals surface area contributed by atoms with Crippen LogP contribution in [0.3, 0.4) is 0 Å². The Kier molecular flexibility index (Phi) is 7.73. The number of hydrogen-bond donors (Lipinski definition) is 1. The molecule has 0 aliphatic carbocycles. The summed E-state index contributed by atoms with van der Waals surface area (Å²) >= 11 is 1.27. The zero-order valence-corrected chi connectivity index (χ0v) is 28.0. The summed E-state index contributed by atoms with van der Waals surface area (Å²) in [5.41, 5.74) is 3.60. The van der Waals surface area contributed by atoms with E-state index in [4.69, 9.17) is 14.7 Å². The Morgan fingerprint density at radius 3 is 2.64 bits per heavy atom. The Hall–Kier alpha value is -4.79. The van der Waals surface area contributed by atoms with Crippen LogP contribution in [0.2, 0.25) is 0 Å². The molecule has 7 rings (SSSR count). The molecule has 0 fully saturated rings. The number of hydrogen-bond acceptors (Lipinski definition) is 10. The van der Waals surface area contributed by atoms with E-state index >= 15 is 0 Å². The highest BCUT2D eigenvalue weighted by atomic mass is 32.2. The van der Waals surface area contributed by atoms with Crippen molar-refractivity contribution in [3.63, 3.8) is 0 Å². The molecule has 0 unspecified atom stereocenters. The third-order valence-corrected chi connectivity index (χ3v) is 11.0. The van der Waals surface area contributed by atoms with Crippen LogP contribution in [0.1, 0.15) is 24.5 Å². The van der Waals surface area contributed by atoms with E-state index in [1.165, 1.54) is 21.9 Å². The maximum absolute atomic E-state index is 13.9. The van der Waals surface area contributed by atoms with Crippen LogP contribution in [-0.4, -0.2) is 71.4 Å². The molecule has 1 N–H and O–H groups in total. The molecule has 242 valence electrons. The molecular weight excluding hydrogens is 639 g/mol. The Morgan fingerprint density at radius 1 is 1.11 bits per heavy atom. The number of rotatable bonds is 9. The molecule has 14 heteroatoms. The van der Waals surface area contributed by atoms with Gasteiger partial charge in [0.1, 0.15) is 10.4 Å². The number of aromatic nitrogens is 4. The highest BCUT2D eigenvalue weighted by molar-refractivity contribution is 7.90. The van der Waals surface area contributed by atoms with Crippen molar-refractivity contribution in [3.8, 4) is 5.75 Å². The van der Waals surface area contributed by atoms with Crippen molar-refractivity contribution in [2.45, 2.75) is 31.6 Å². The summed E-state index contributed by atoms with van der Waals surface area (Å²) in [6.07, 6.45) is 3.04. The monoisotopic (exact) mass is 671 g/mol. The number of methoxy groups -OCH3 is 1. The maximum atomic E-state index is 13.9. The third-order valence-electron chi connectivity index (χ3n) is 8.40. The van der Waals surface area contributed by atoms with Gasteiger partial charge >= 0.3 is 0 Å². The van der Waals surface area contributed by atoms with E-state index in [1.54, 1.807) is 53.8 Å². The second-order valence-electron chi connectivity index (χ2n) is 11.7. The smallest absolute Gasteiger partial charge is 0.278 e. The molecule has 0 atom stereocenters. The second-order valence-corrected chi connectivity index (χ2v) is 14.4. The normalized spacial score (nSPS) is 13.3. The van der Waals surface area contributed by atoms with E-state index in [2.05, 4.69) is 12.2 Å². The number of nitrogens with zero attached hydrogens (tertiary/aromatic N) is 6. The average Bonchev–Trinajstić information content (AvgIpc) is 3.79. The standard InChI is InChI=1S/C33H33N7O5S2/c1-5-13-37(3)19-28(41)38-14-10-21-17-27(45-4)25(18-26(21)38)35-33-36-30-23(31-34-24-12-16-46-29(24)32(42)40(31)33)11-15-39(30)47(43,44)22-8-6-20(2)7-9-22/h6-9,11-12,15-18H,5,10,13-14,19H2,1-4H3,(H,35,36). The Morgan fingerprint density at radius 2 is 1.89 bits per heavy atom. The molecule has 47 heavy (non-hydrogen) atoms. The molecule has 0 saturated heterocycles. The van der Waals surface area contributed by atoms with Crippen LogP contribution in [0.15, 0.2) is 69.8 Å². The minimum Gasteiger partial charge on any atom is -0.495 e. The lowest BCUT2D eigenvalue weighted by atomic mass is 10.1. The van der Waals surface area contributed by atoms with Gasteiger partial charge in [-0.3, -0.25) is 14.5 Å². The minimum absolute atomic E-state index is 0.0135. The van der Waals surface area contributed by atoms with Crippen LogP contribution in [-0.2, 0) is 21.2 Å². The van der Waals surface area contributed by atoms with Crippen LogP contribution in [0.4, 0.5) is 17.3 Å². The Balaban J connectivity index is 1.40. The first-order valence-corrected chi connectivity index (χ1v) is 17.5. The Labute approximate surface area is 274 Å². The molecular formula is C33H33N7O5S2. The molecule has 0 spiro atoms. The summed E-state index contributed by atoms with van der Waals surface area (Å²) in [4.78, 5) is 40.7. The number of amides is 1. The fourth-order valence-electron chi connectivity index (χ4n) is 6.07. The van der Waals surface area contributed by atoms with E-state index in [1.807, 2.05) is 31.0 Å². The number of ether oxygens (including phenoxy) is 1. The van der Waals surface area contributed by atoms with Crippen molar-refractivity contribution in [1.29, 1.82) is 0 Å². The van der Waals surface area contributed by atoms with Gasteiger partial charge in [0.15, 0.2) is 11.3 Å². The summed E-state index contributed by atoms with van der Waals surface area (Å²) < 4.78 is 36.4. The van der Waals surface area contributed by atoms with Crippen LogP contribution in [0, 0.1) is 6.92 Å². The quantitative estimate of drug-likeness (QED) is 0.231. The molecule has 0 saturated carbocycles. The van der Waals surface area contributed by atoms with Crippen LogP contribution < -0.4 is 20.5 Å². The summed E-state index contributed by atoms with van der Waals surface area (Å²) in [6.45, 7) is 5.59. The van der Waals surface area contributed by atoms with Crippen molar-refractivity contribution in [2.24, 2.45) is 0 Å². The van der Waals surface area contributed by atoms with Crippen molar-refractivity contribution in [1.82, 2.24) is 23.2 Å². The molecule has 0 radical (unpaired) electrons. The van der Waals surface area contributed by atoms with E-state index in [0.717, 1.165) is 33.8 Å². The van der Waals surface area contributed by atoms with E-state index in [0.29, 0.717) is 40.0 Å². The zero-order valence-electron chi connectivity index (χ0n) is 26.4. The number of fused-ring (bicyclic) bond motifs is 5. The summed E-state index contributed by atoms with van der Waals surface area (Å²) in [7, 11) is -0.579. The van der Waals surface area contributed by atoms with Crippen LogP contribution in [0.25, 0.3) is 26.9 Å². The molecule has 6 aromatic rings. The van der Waals surface area contributed by atoms with Gasteiger partial charge in [0.2, 0.25) is 11.9 Å². The summed E-state index contributed by atoms with van der Waals surface area (Å²) in [5, 5.41) is 5.44. The molecule has 1 amide bonds. The first-order chi connectivity index (χ1) is 22.6. The molecule has 12 nitrogen and oxygen atoms in total. The van der Waals surface area contributed by atoms with Crippen molar-refractivity contribution >= 4 is 71.5 Å². The second kappa shape index (κ2) is 11.8. The van der Waals surface area contributed by atoms with E-state index in [-0.39, 0.29) is 40.1 Å². The number of nitrogens with one attached hydrogen (secondary N) is 1. The van der Waals surface area contributed by atoms with Crippen molar-refractivity contribution in [3.05, 3.63) is 81.6 Å². The van der Waals surface area contributed by atoms with Gasteiger partial charge in [-0.25, -0.2) is 21.8 Å². The fraction of sp³-hybridized carbons (Fsp3) is 0.273. The lowest BCUT2D eigenvalue weighted by Crippen LogP contribution is -2.38. The van der Waals surface area contributed by atoms with E-state index < -0.39 is 10.0 Å². The number of anilines is 3. The van der Waals surface area contributed by atoms with Crippen molar-refractivity contribution in [2.75, 3.05) is 44.0 Å². The van der Waals surface area contributed by atoms with Crippen LogP contribution in [0.5, 0.6) is 5.75 Å². The lowest BCUT2D eigenvalue weighted by molar-refractivity contribution is -0.119. The maximum Gasteiger partial charge on any atom is 0.278 e. The predicted molar refractivity (Wildman–Crippen MR) is 184 cm³/mol. The van der Waals surface area contributed by atoms with Gasteiger partial charge in [-0.05, 0) is 80.7 Å². The van der Waals surface area contributed by atoms with Gasteiger partial charge < -0.3 is 15.0 Å². The number of thiophene rings is 1. The molecule has 4 aromatic heterocycles. The number of benzene rings is 2. The Bertz CT molecular complexity index is 2360. The lowest BCUT2D eigenvalue weighted by Gasteiger charge is -2.23. The van der Waals surface area contributed by atoms with Crippen LogP contribution >= 0.6 is 11.3 Å². The zero-order chi connectivity index (χ0) is 33.0.